The van der Waals surface area contributed by atoms with Gasteiger partial charge in [0.15, 0.2) is 0 Å². The summed E-state index contributed by atoms with van der Waals surface area (Å²) in [7, 11) is 0. The lowest BCUT2D eigenvalue weighted by Gasteiger charge is -2.14. The maximum absolute atomic E-state index is 14.8. The summed E-state index contributed by atoms with van der Waals surface area (Å²) in [5.41, 5.74) is 0.677. The van der Waals surface area contributed by atoms with Gasteiger partial charge in [-0.25, -0.2) is 4.39 Å². The van der Waals surface area contributed by atoms with Crippen molar-refractivity contribution in [2.45, 2.75) is 32.1 Å². The Morgan fingerprint density at radius 3 is 2.00 bits per heavy atom. The van der Waals surface area contributed by atoms with Gasteiger partial charge in [0.05, 0.1) is 6.61 Å². The predicted octanol–water partition coefficient (Wildman–Crippen LogP) is 5.68. The Morgan fingerprint density at radius 2 is 1.46 bits per heavy atom. The third kappa shape index (κ3) is 2.95. The zero-order valence-electron chi connectivity index (χ0n) is 13.5. The quantitative estimate of drug-likeness (QED) is 0.605. The van der Waals surface area contributed by atoms with E-state index in [9.17, 15) is 13.2 Å². The molecule has 0 spiro atoms. The number of rotatable bonds is 7. The van der Waals surface area contributed by atoms with Gasteiger partial charge in [-0.05, 0) is 41.8 Å². The molecule has 0 saturated carbocycles. The SMILES string of the molecule is CCCCCOc1ccc2c(c1)C(F)(F)c1cc(OCF)ccc1-2. The number of alkyl halides is 3. The van der Waals surface area contributed by atoms with Gasteiger partial charge in [-0.1, -0.05) is 31.9 Å². The van der Waals surface area contributed by atoms with Gasteiger partial charge in [0, 0.05) is 11.1 Å². The standard InChI is InChI=1S/C19H19F3O2/c1-2-3-4-9-23-13-5-7-15-16-8-6-14(24-12-20)11-18(16)19(21,22)17(15)10-13/h5-8,10-11H,2-4,9,12H2,1H3. The number of fused-ring (bicyclic) bond motifs is 3. The first-order valence-electron chi connectivity index (χ1n) is 8.06. The molecule has 0 amide bonds. The van der Waals surface area contributed by atoms with E-state index in [1.165, 1.54) is 18.2 Å². The molecule has 0 atom stereocenters. The summed E-state index contributed by atoms with van der Waals surface area (Å²) in [6, 6.07) is 9.01. The number of halogens is 3. The van der Waals surface area contributed by atoms with E-state index in [1.807, 2.05) is 0 Å². The van der Waals surface area contributed by atoms with Crippen molar-refractivity contribution < 1.29 is 22.6 Å². The number of benzene rings is 2. The van der Waals surface area contributed by atoms with Crippen LogP contribution in [-0.4, -0.2) is 13.5 Å². The first-order valence-corrected chi connectivity index (χ1v) is 8.06. The molecule has 2 aromatic rings. The number of hydrogen-bond donors (Lipinski definition) is 0. The van der Waals surface area contributed by atoms with Crippen LogP contribution in [0.1, 0.15) is 37.3 Å². The van der Waals surface area contributed by atoms with Crippen molar-refractivity contribution >= 4 is 0 Å². The molecule has 5 heteroatoms. The molecule has 1 aliphatic carbocycles. The average molecular weight is 336 g/mol. The molecule has 2 nitrogen and oxygen atoms in total. The highest BCUT2D eigenvalue weighted by atomic mass is 19.3. The largest absolute Gasteiger partial charge is 0.494 e. The minimum atomic E-state index is -3.15. The molecular formula is C19H19F3O2. The molecule has 0 radical (unpaired) electrons. The van der Waals surface area contributed by atoms with Crippen LogP contribution in [0.4, 0.5) is 13.2 Å². The normalized spacial score (nSPS) is 14.2. The van der Waals surface area contributed by atoms with Gasteiger partial charge >= 0.3 is 0 Å². The van der Waals surface area contributed by atoms with Crippen molar-refractivity contribution in [2.75, 3.05) is 13.5 Å². The molecule has 0 N–H and O–H groups in total. The molecule has 0 unspecified atom stereocenters. The van der Waals surface area contributed by atoms with Crippen LogP contribution in [0.5, 0.6) is 11.5 Å². The summed E-state index contributed by atoms with van der Waals surface area (Å²) < 4.78 is 52.1. The van der Waals surface area contributed by atoms with Crippen LogP contribution in [0.25, 0.3) is 11.1 Å². The first-order chi connectivity index (χ1) is 11.6. The Balaban J connectivity index is 1.89. The zero-order chi connectivity index (χ0) is 17.2. The molecule has 0 aromatic heterocycles. The van der Waals surface area contributed by atoms with Crippen molar-refractivity contribution in [1.29, 1.82) is 0 Å². The van der Waals surface area contributed by atoms with Crippen molar-refractivity contribution in [3.8, 4) is 22.6 Å². The highest BCUT2D eigenvalue weighted by molar-refractivity contribution is 5.80. The van der Waals surface area contributed by atoms with Gasteiger partial charge in [-0.3, -0.25) is 0 Å². The smallest absolute Gasteiger partial charge is 0.299 e. The second kappa shape index (κ2) is 6.75. The van der Waals surface area contributed by atoms with Gasteiger partial charge in [0.25, 0.3) is 5.92 Å². The van der Waals surface area contributed by atoms with Gasteiger partial charge < -0.3 is 9.47 Å². The monoisotopic (exact) mass is 336 g/mol. The van der Waals surface area contributed by atoms with E-state index in [2.05, 4.69) is 6.92 Å². The van der Waals surface area contributed by atoms with Crippen molar-refractivity contribution in [2.24, 2.45) is 0 Å². The number of unbranched alkanes of at least 4 members (excludes halogenated alkanes) is 2. The van der Waals surface area contributed by atoms with Gasteiger partial charge in [-0.15, -0.1) is 0 Å². The van der Waals surface area contributed by atoms with Crippen molar-refractivity contribution in [1.82, 2.24) is 0 Å². The third-order valence-corrected chi connectivity index (χ3v) is 4.19. The molecule has 3 rings (SSSR count). The predicted molar refractivity (Wildman–Crippen MR) is 86.5 cm³/mol. The lowest BCUT2D eigenvalue weighted by molar-refractivity contribution is 0.0472. The summed E-state index contributed by atoms with van der Waals surface area (Å²) in [5.74, 6) is -2.61. The third-order valence-electron chi connectivity index (χ3n) is 4.19. The lowest BCUT2D eigenvalue weighted by Crippen LogP contribution is -2.11. The van der Waals surface area contributed by atoms with Crippen LogP contribution in [0.15, 0.2) is 36.4 Å². The molecule has 0 bridgehead atoms. The summed E-state index contributed by atoms with van der Waals surface area (Å²) in [6.07, 6.45) is 3.02. The molecular weight excluding hydrogens is 317 g/mol. The lowest BCUT2D eigenvalue weighted by atomic mass is 10.1. The molecule has 24 heavy (non-hydrogen) atoms. The molecule has 2 aromatic carbocycles. The fourth-order valence-corrected chi connectivity index (χ4v) is 2.97. The van der Waals surface area contributed by atoms with E-state index < -0.39 is 12.8 Å². The summed E-state index contributed by atoms with van der Waals surface area (Å²) in [5, 5.41) is 0. The molecule has 0 heterocycles. The molecule has 0 fully saturated rings. The van der Waals surface area contributed by atoms with Crippen LogP contribution in [0, 0.1) is 0 Å². The van der Waals surface area contributed by atoms with E-state index >= 15 is 0 Å². The Bertz CT molecular complexity index is 729. The topological polar surface area (TPSA) is 18.5 Å². The van der Waals surface area contributed by atoms with Crippen LogP contribution in [-0.2, 0) is 5.92 Å². The molecule has 0 saturated heterocycles. The van der Waals surface area contributed by atoms with Gasteiger partial charge in [-0.2, -0.15) is 8.78 Å². The summed E-state index contributed by atoms with van der Waals surface area (Å²) >= 11 is 0. The average Bonchev–Trinajstić information content (AvgIpc) is 2.80. The Kier molecular flexibility index (Phi) is 4.69. The maximum atomic E-state index is 14.8. The fraction of sp³-hybridized carbons (Fsp3) is 0.368. The second-order valence-corrected chi connectivity index (χ2v) is 5.80. The van der Waals surface area contributed by atoms with Crippen LogP contribution in [0.2, 0.25) is 0 Å². The Labute approximate surface area is 139 Å². The van der Waals surface area contributed by atoms with Crippen LogP contribution >= 0.6 is 0 Å². The number of ether oxygens (including phenoxy) is 2. The second-order valence-electron chi connectivity index (χ2n) is 5.80. The van der Waals surface area contributed by atoms with E-state index in [0.29, 0.717) is 23.5 Å². The van der Waals surface area contributed by atoms with E-state index in [-0.39, 0.29) is 16.9 Å². The fourth-order valence-electron chi connectivity index (χ4n) is 2.97. The Morgan fingerprint density at radius 1 is 0.875 bits per heavy atom. The summed E-state index contributed by atoms with van der Waals surface area (Å²) in [4.78, 5) is 0. The highest BCUT2D eigenvalue weighted by Crippen LogP contribution is 2.52. The van der Waals surface area contributed by atoms with Crippen molar-refractivity contribution in [3.05, 3.63) is 47.5 Å². The molecule has 0 aliphatic heterocycles. The highest BCUT2D eigenvalue weighted by Gasteiger charge is 2.44. The summed E-state index contributed by atoms with van der Waals surface area (Å²) in [6.45, 7) is 1.56. The molecule has 128 valence electrons. The molecule has 1 aliphatic rings. The zero-order valence-corrected chi connectivity index (χ0v) is 13.5. The number of hydrogen-bond acceptors (Lipinski definition) is 2. The van der Waals surface area contributed by atoms with Crippen LogP contribution in [0.3, 0.4) is 0 Å². The van der Waals surface area contributed by atoms with Gasteiger partial charge in [0.1, 0.15) is 11.5 Å². The first kappa shape index (κ1) is 16.7. The van der Waals surface area contributed by atoms with Crippen LogP contribution < -0.4 is 9.47 Å². The van der Waals surface area contributed by atoms with E-state index in [1.54, 1.807) is 18.2 Å². The maximum Gasteiger partial charge on any atom is 0.299 e. The van der Waals surface area contributed by atoms with Crippen molar-refractivity contribution in [3.63, 3.8) is 0 Å². The van der Waals surface area contributed by atoms with E-state index in [4.69, 9.17) is 9.47 Å². The minimum absolute atomic E-state index is 0.0807. The minimum Gasteiger partial charge on any atom is -0.494 e. The Hall–Kier alpha value is -2.17. The van der Waals surface area contributed by atoms with E-state index in [0.717, 1.165) is 19.3 Å². The van der Waals surface area contributed by atoms with Gasteiger partial charge in [0.2, 0.25) is 6.86 Å².